The molecule has 230 valence electrons. The molecule has 3 aromatic carbocycles. The van der Waals surface area contributed by atoms with Gasteiger partial charge in [0.05, 0.1) is 29.1 Å². The first kappa shape index (κ1) is 30.4. The maximum absolute atomic E-state index is 14.8. The van der Waals surface area contributed by atoms with Gasteiger partial charge in [-0.3, -0.25) is 18.7 Å². The molecule has 1 aromatic heterocycles. The van der Waals surface area contributed by atoms with E-state index in [0.29, 0.717) is 32.2 Å². The normalized spacial score (nSPS) is 14.0. The summed E-state index contributed by atoms with van der Waals surface area (Å²) in [6, 6.07) is 17.7. The van der Waals surface area contributed by atoms with Crippen molar-refractivity contribution in [2.45, 2.75) is 38.6 Å². The van der Waals surface area contributed by atoms with Crippen molar-refractivity contribution in [3.8, 4) is 23.3 Å². The van der Waals surface area contributed by atoms with E-state index in [1.54, 1.807) is 47.4 Å². The Bertz CT molecular complexity index is 1900. The Hall–Kier alpha value is -4.60. The van der Waals surface area contributed by atoms with Crippen LogP contribution in [0.2, 0.25) is 5.02 Å². The number of carbonyl (C=O) groups excluding carboxylic acids is 2. The molecule has 13 heteroatoms. The van der Waals surface area contributed by atoms with Crippen LogP contribution in [-0.4, -0.2) is 45.1 Å². The molecule has 0 bridgehead atoms. The van der Waals surface area contributed by atoms with E-state index in [2.05, 4.69) is 21.2 Å². The minimum Gasteiger partial charge on any atom is -0.490 e. The quantitative estimate of drug-likeness (QED) is 0.257. The zero-order valence-electron chi connectivity index (χ0n) is 23.8. The standard InChI is InChI=1S/C32H26BrClFN5O5/c33-25-10-2-19(15-26(25)34)31(42)38-12-13-39-28(18-38)29(30(41)37-17-20-1-5-24(16-27(20)35)44-14-11-36)40(32(39)43)21-3-6-22(7-4-21)45-23-8-9-23/h1-7,10,15-16,23H,8-9,12-14,17-18H2,(H,37,41). The number of benzene rings is 3. The minimum atomic E-state index is -0.627. The molecular formula is C32H26BrClFN5O5. The summed E-state index contributed by atoms with van der Waals surface area (Å²) in [5.74, 6) is -0.704. The lowest BCUT2D eigenvalue weighted by molar-refractivity contribution is 0.0706. The van der Waals surface area contributed by atoms with Gasteiger partial charge >= 0.3 is 5.69 Å². The van der Waals surface area contributed by atoms with Crippen LogP contribution in [0.1, 0.15) is 44.9 Å². The lowest BCUT2D eigenvalue weighted by Crippen LogP contribution is -2.41. The molecule has 1 fully saturated rings. The molecule has 4 aromatic rings. The van der Waals surface area contributed by atoms with Gasteiger partial charge in [0.15, 0.2) is 6.61 Å². The number of fused-ring (bicyclic) bond motifs is 1. The fourth-order valence-electron chi connectivity index (χ4n) is 5.11. The van der Waals surface area contributed by atoms with Crippen LogP contribution in [0.25, 0.3) is 5.69 Å². The first-order chi connectivity index (χ1) is 21.7. The van der Waals surface area contributed by atoms with E-state index in [1.807, 2.05) is 6.07 Å². The molecule has 1 N–H and O–H groups in total. The molecule has 0 radical (unpaired) electrons. The zero-order chi connectivity index (χ0) is 31.7. The van der Waals surface area contributed by atoms with E-state index in [-0.39, 0.29) is 61.8 Å². The molecule has 2 aliphatic rings. The molecular weight excluding hydrogens is 669 g/mol. The van der Waals surface area contributed by atoms with Gasteiger partial charge in [-0.1, -0.05) is 17.7 Å². The first-order valence-corrected chi connectivity index (χ1v) is 15.3. The summed E-state index contributed by atoms with van der Waals surface area (Å²) in [7, 11) is 0. The van der Waals surface area contributed by atoms with Crippen molar-refractivity contribution < 1.29 is 23.5 Å². The number of imidazole rings is 1. The number of rotatable bonds is 9. The van der Waals surface area contributed by atoms with Crippen LogP contribution in [0.4, 0.5) is 4.39 Å². The SMILES string of the molecule is N#CCOc1ccc(CNC(=O)c2c3n(c(=O)n2-c2ccc(OC4CC4)cc2)CCN(C(=O)c2ccc(Br)c(Cl)c2)C3)c(F)c1. The fourth-order valence-corrected chi connectivity index (χ4v) is 5.53. The van der Waals surface area contributed by atoms with Crippen molar-refractivity contribution in [1.29, 1.82) is 5.26 Å². The fraction of sp³-hybridized carbons (Fsp3) is 0.250. The molecule has 6 rings (SSSR count). The zero-order valence-corrected chi connectivity index (χ0v) is 26.1. The van der Waals surface area contributed by atoms with Gasteiger partial charge in [-0.15, -0.1) is 0 Å². The van der Waals surface area contributed by atoms with Crippen LogP contribution in [-0.2, 0) is 19.6 Å². The molecule has 1 saturated carbocycles. The lowest BCUT2D eigenvalue weighted by atomic mass is 10.1. The predicted octanol–water partition coefficient (Wildman–Crippen LogP) is 5.22. The van der Waals surface area contributed by atoms with E-state index in [4.69, 9.17) is 26.3 Å². The van der Waals surface area contributed by atoms with E-state index in [9.17, 15) is 18.8 Å². The number of nitrogens with zero attached hydrogens (tertiary/aromatic N) is 4. The monoisotopic (exact) mass is 693 g/mol. The molecule has 10 nitrogen and oxygen atoms in total. The number of nitrogens with one attached hydrogen (secondary N) is 1. The van der Waals surface area contributed by atoms with Crippen LogP contribution >= 0.6 is 27.5 Å². The molecule has 0 spiro atoms. The third-order valence-electron chi connectivity index (χ3n) is 7.54. The Morgan fingerprint density at radius 1 is 1.07 bits per heavy atom. The topological polar surface area (TPSA) is 119 Å². The van der Waals surface area contributed by atoms with Crippen molar-refractivity contribution in [3.63, 3.8) is 0 Å². The van der Waals surface area contributed by atoms with Gasteiger partial charge in [0.25, 0.3) is 11.8 Å². The number of ether oxygens (including phenoxy) is 2. The predicted molar refractivity (Wildman–Crippen MR) is 166 cm³/mol. The Kier molecular flexibility index (Phi) is 8.65. The molecule has 2 heterocycles. The van der Waals surface area contributed by atoms with Crippen LogP contribution in [0.5, 0.6) is 11.5 Å². The number of amides is 2. The summed E-state index contributed by atoms with van der Waals surface area (Å²) in [5.41, 5.74) is 0.942. The molecule has 0 atom stereocenters. The minimum absolute atomic E-state index is 0.0142. The average molecular weight is 695 g/mol. The second-order valence-corrected chi connectivity index (χ2v) is 11.9. The maximum Gasteiger partial charge on any atom is 0.333 e. The van der Waals surface area contributed by atoms with Crippen LogP contribution in [0, 0.1) is 17.1 Å². The van der Waals surface area contributed by atoms with E-state index in [1.165, 1.54) is 21.3 Å². The van der Waals surface area contributed by atoms with Crippen molar-refractivity contribution >= 4 is 39.3 Å². The summed E-state index contributed by atoms with van der Waals surface area (Å²) in [6.07, 6.45) is 2.18. The van der Waals surface area contributed by atoms with Crippen LogP contribution < -0.4 is 20.5 Å². The molecule has 1 aliphatic heterocycles. The largest absolute Gasteiger partial charge is 0.490 e. The van der Waals surface area contributed by atoms with Gasteiger partial charge in [0.1, 0.15) is 29.1 Å². The number of nitriles is 1. The van der Waals surface area contributed by atoms with Gasteiger partial charge in [-0.2, -0.15) is 5.26 Å². The van der Waals surface area contributed by atoms with Crippen molar-refractivity contribution in [2.75, 3.05) is 13.2 Å². The highest BCUT2D eigenvalue weighted by atomic mass is 79.9. The summed E-state index contributed by atoms with van der Waals surface area (Å²) >= 11 is 9.56. The number of hydrogen-bond donors (Lipinski definition) is 1. The Morgan fingerprint density at radius 2 is 1.82 bits per heavy atom. The number of aromatic nitrogens is 2. The second-order valence-electron chi connectivity index (χ2n) is 10.6. The summed E-state index contributed by atoms with van der Waals surface area (Å²) in [6.45, 7) is -0.0199. The van der Waals surface area contributed by atoms with Gasteiger partial charge in [0, 0.05) is 41.3 Å². The van der Waals surface area contributed by atoms with Gasteiger partial charge in [0.2, 0.25) is 0 Å². The molecule has 1 aliphatic carbocycles. The lowest BCUT2D eigenvalue weighted by Gasteiger charge is -2.28. The first-order valence-electron chi connectivity index (χ1n) is 14.2. The number of carbonyl (C=O) groups is 2. The summed E-state index contributed by atoms with van der Waals surface area (Å²) < 4.78 is 29.2. The highest BCUT2D eigenvalue weighted by Crippen LogP contribution is 2.29. The number of halogens is 3. The summed E-state index contributed by atoms with van der Waals surface area (Å²) in [4.78, 5) is 42.7. The highest BCUT2D eigenvalue weighted by molar-refractivity contribution is 9.10. The average Bonchev–Trinajstić information content (AvgIpc) is 3.81. The highest BCUT2D eigenvalue weighted by Gasteiger charge is 2.32. The second kappa shape index (κ2) is 12.8. The molecule has 2 amide bonds. The van der Waals surface area contributed by atoms with Crippen molar-refractivity contribution in [3.05, 3.63) is 109 Å². The van der Waals surface area contributed by atoms with Crippen LogP contribution in [0.3, 0.4) is 0 Å². The van der Waals surface area contributed by atoms with Crippen LogP contribution in [0.15, 0.2) is 69.9 Å². The molecule has 0 unspecified atom stereocenters. The Labute approximate surface area is 270 Å². The third-order valence-corrected chi connectivity index (χ3v) is 8.77. The van der Waals surface area contributed by atoms with E-state index >= 15 is 0 Å². The van der Waals surface area contributed by atoms with Crippen molar-refractivity contribution in [1.82, 2.24) is 19.4 Å². The van der Waals surface area contributed by atoms with Gasteiger partial charge in [-0.25, -0.2) is 9.18 Å². The van der Waals surface area contributed by atoms with E-state index < -0.39 is 17.4 Å². The van der Waals surface area contributed by atoms with Gasteiger partial charge < -0.3 is 19.7 Å². The maximum atomic E-state index is 14.8. The van der Waals surface area contributed by atoms with Crippen molar-refractivity contribution in [2.24, 2.45) is 0 Å². The number of hydrogen-bond acceptors (Lipinski definition) is 6. The summed E-state index contributed by atoms with van der Waals surface area (Å²) in [5, 5.41) is 11.8. The third kappa shape index (κ3) is 6.45. The molecule has 45 heavy (non-hydrogen) atoms. The Balaban J connectivity index is 1.32. The van der Waals surface area contributed by atoms with E-state index in [0.717, 1.165) is 18.9 Å². The molecule has 0 saturated heterocycles. The van der Waals surface area contributed by atoms with Gasteiger partial charge in [-0.05, 0) is 77.3 Å². The Morgan fingerprint density at radius 3 is 2.51 bits per heavy atom. The smallest absolute Gasteiger partial charge is 0.333 e.